The highest BCUT2D eigenvalue weighted by Crippen LogP contribution is 2.32. The summed E-state index contributed by atoms with van der Waals surface area (Å²) < 4.78 is 7.42. The minimum absolute atomic E-state index is 0. The number of likely N-dealkylation sites (tertiary alicyclic amines) is 1. The molecule has 3 fully saturated rings. The van der Waals surface area contributed by atoms with Crippen LogP contribution in [0, 0.1) is 5.92 Å². The van der Waals surface area contributed by atoms with E-state index in [1.165, 1.54) is 12.8 Å². The van der Waals surface area contributed by atoms with Crippen LogP contribution in [0.4, 0.5) is 0 Å². The van der Waals surface area contributed by atoms with Gasteiger partial charge < -0.3 is 15.4 Å². The van der Waals surface area contributed by atoms with Gasteiger partial charge >= 0.3 is 0 Å². The summed E-state index contributed by atoms with van der Waals surface area (Å²) in [6.45, 7) is 6.23. The fourth-order valence-electron chi connectivity index (χ4n) is 4.87. The molecule has 3 aliphatic rings. The maximum atomic E-state index is 13.0. The summed E-state index contributed by atoms with van der Waals surface area (Å²) in [6, 6.07) is 0. The van der Waals surface area contributed by atoms with Crippen LogP contribution in [0.15, 0.2) is 12.4 Å². The quantitative estimate of drug-likeness (QED) is 0.732. The first-order valence-electron chi connectivity index (χ1n) is 9.98. The number of aromatic nitrogens is 2. The maximum absolute atomic E-state index is 13.0. The number of aryl methyl sites for hydroxylation is 1. The number of hydrogen-bond donors (Lipinski definition) is 2. The second-order valence-electron chi connectivity index (χ2n) is 8.07. The van der Waals surface area contributed by atoms with E-state index in [-0.39, 0.29) is 48.1 Å². The van der Waals surface area contributed by atoms with Gasteiger partial charge in [-0.3, -0.25) is 14.4 Å². The molecule has 0 unspecified atom stereocenters. The summed E-state index contributed by atoms with van der Waals surface area (Å²) >= 11 is 0. The molecule has 2 N–H and O–H groups in total. The molecule has 1 amide bonds. The first-order chi connectivity index (χ1) is 12.7. The smallest absolute Gasteiger partial charge is 0.225 e. The number of carbonyl (C=O) groups excluding carboxylic acids is 1. The lowest BCUT2D eigenvalue weighted by atomic mass is 9.86. The van der Waals surface area contributed by atoms with Crippen molar-refractivity contribution in [2.75, 3.05) is 45.9 Å². The molecule has 4 rings (SSSR count). The van der Waals surface area contributed by atoms with Crippen molar-refractivity contribution in [3.8, 4) is 0 Å². The average molecular weight is 434 g/mol. The second-order valence-corrected chi connectivity index (χ2v) is 8.07. The number of rotatable bonds is 5. The zero-order valence-corrected chi connectivity index (χ0v) is 18.2. The number of hydrogen-bond acceptors (Lipinski definition) is 5. The Morgan fingerprint density at radius 1 is 1.29 bits per heavy atom. The molecule has 160 valence electrons. The van der Waals surface area contributed by atoms with Gasteiger partial charge in [-0.15, -0.1) is 24.8 Å². The zero-order chi connectivity index (χ0) is 18.0. The number of amides is 1. The third-order valence-electron chi connectivity index (χ3n) is 6.50. The van der Waals surface area contributed by atoms with E-state index < -0.39 is 0 Å². The molecule has 0 aliphatic carbocycles. The summed E-state index contributed by atoms with van der Waals surface area (Å²) in [6.07, 6.45) is 8.49. The molecule has 2 atom stereocenters. The lowest BCUT2D eigenvalue weighted by Gasteiger charge is -2.45. The number of nitrogens with one attached hydrogen (secondary N) is 2. The highest BCUT2D eigenvalue weighted by Gasteiger charge is 2.41. The Morgan fingerprint density at radius 3 is 2.64 bits per heavy atom. The Kier molecular flexibility index (Phi) is 8.58. The summed E-state index contributed by atoms with van der Waals surface area (Å²) in [7, 11) is 1.92. The predicted octanol–water partition coefficient (Wildman–Crippen LogP) is 1.33. The van der Waals surface area contributed by atoms with Crippen LogP contribution in [0.2, 0.25) is 0 Å². The van der Waals surface area contributed by atoms with Crippen molar-refractivity contribution in [2.45, 2.75) is 37.1 Å². The summed E-state index contributed by atoms with van der Waals surface area (Å²) in [5.74, 6) is 0.365. The predicted molar refractivity (Wildman–Crippen MR) is 113 cm³/mol. The summed E-state index contributed by atoms with van der Waals surface area (Å²) in [4.78, 5) is 15.6. The molecule has 0 aromatic carbocycles. The molecule has 4 heterocycles. The van der Waals surface area contributed by atoms with E-state index in [9.17, 15) is 4.79 Å². The van der Waals surface area contributed by atoms with Gasteiger partial charge in [-0.1, -0.05) is 0 Å². The van der Waals surface area contributed by atoms with Gasteiger partial charge in [-0.25, -0.2) is 0 Å². The van der Waals surface area contributed by atoms with Gasteiger partial charge in [0.15, 0.2) is 0 Å². The molecule has 3 aliphatic heterocycles. The van der Waals surface area contributed by atoms with Crippen LogP contribution in [0.1, 0.15) is 37.2 Å². The third kappa shape index (κ3) is 4.82. The lowest BCUT2D eigenvalue weighted by Crippen LogP contribution is -2.58. The lowest BCUT2D eigenvalue weighted by molar-refractivity contribution is -0.126. The Hall–Kier alpha value is -0.860. The Labute approximate surface area is 179 Å². The van der Waals surface area contributed by atoms with Crippen LogP contribution in [-0.4, -0.2) is 72.1 Å². The highest BCUT2D eigenvalue weighted by atomic mass is 35.5. The molecule has 0 bridgehead atoms. The second kappa shape index (κ2) is 10.3. The molecule has 1 aromatic heterocycles. The van der Waals surface area contributed by atoms with Crippen molar-refractivity contribution in [2.24, 2.45) is 13.0 Å². The van der Waals surface area contributed by atoms with E-state index in [0.29, 0.717) is 0 Å². The van der Waals surface area contributed by atoms with Crippen molar-refractivity contribution in [3.63, 3.8) is 0 Å². The first kappa shape index (κ1) is 23.4. The number of halogens is 2. The van der Waals surface area contributed by atoms with Crippen molar-refractivity contribution in [1.82, 2.24) is 25.3 Å². The van der Waals surface area contributed by atoms with Gasteiger partial charge in [0.05, 0.1) is 12.1 Å². The molecule has 0 radical (unpaired) electrons. The first-order valence-corrected chi connectivity index (χ1v) is 9.98. The monoisotopic (exact) mass is 433 g/mol. The van der Waals surface area contributed by atoms with Gasteiger partial charge in [0.2, 0.25) is 5.91 Å². The topological polar surface area (TPSA) is 71.4 Å². The number of carbonyl (C=O) groups is 1. The van der Waals surface area contributed by atoms with Crippen molar-refractivity contribution >= 4 is 30.7 Å². The Morgan fingerprint density at radius 2 is 2.00 bits per heavy atom. The minimum atomic E-state index is -0.0188. The number of nitrogens with zero attached hydrogens (tertiary/aromatic N) is 3. The maximum Gasteiger partial charge on any atom is 0.225 e. The Bertz CT molecular complexity index is 630. The third-order valence-corrected chi connectivity index (χ3v) is 6.50. The zero-order valence-electron chi connectivity index (χ0n) is 16.6. The normalized spacial score (nSPS) is 27.0. The van der Waals surface area contributed by atoms with Gasteiger partial charge in [-0.05, 0) is 44.3 Å². The summed E-state index contributed by atoms with van der Waals surface area (Å²) in [5, 5.41) is 11.0. The molecule has 1 aromatic rings. The Balaban J connectivity index is 0.00000140. The van der Waals surface area contributed by atoms with Crippen LogP contribution in [0.5, 0.6) is 0 Å². The highest BCUT2D eigenvalue weighted by molar-refractivity contribution is 5.85. The fraction of sp³-hybridized carbons (Fsp3) is 0.789. The van der Waals surface area contributed by atoms with E-state index in [2.05, 4.69) is 20.6 Å². The average Bonchev–Trinajstić information content (AvgIpc) is 3.41. The van der Waals surface area contributed by atoms with E-state index >= 15 is 0 Å². The molecule has 9 heteroatoms. The minimum Gasteiger partial charge on any atom is -0.381 e. The molecule has 3 saturated heterocycles. The van der Waals surface area contributed by atoms with Crippen molar-refractivity contribution < 1.29 is 9.53 Å². The van der Waals surface area contributed by atoms with Crippen molar-refractivity contribution in [1.29, 1.82) is 0 Å². The van der Waals surface area contributed by atoms with Crippen LogP contribution >= 0.6 is 24.8 Å². The molecule has 0 spiro atoms. The molecule has 28 heavy (non-hydrogen) atoms. The van der Waals surface area contributed by atoms with E-state index in [1.807, 2.05) is 24.1 Å². The largest absolute Gasteiger partial charge is 0.381 e. The van der Waals surface area contributed by atoms with Crippen LogP contribution in [-0.2, 0) is 16.6 Å². The van der Waals surface area contributed by atoms with Gasteiger partial charge in [0, 0.05) is 57.5 Å². The molecule has 0 saturated carbocycles. The van der Waals surface area contributed by atoms with E-state index in [0.717, 1.165) is 64.3 Å². The standard InChI is InChI=1S/C19H31N5O2.2ClH/c1-23-13-15(10-22-23)16-11-20-12-17(16)18(25)21-14-19(4-8-26-9-5-19)24-6-2-3-7-24;;/h10,13,16-17,20H,2-9,11-12,14H2,1H3,(H,21,25);2*1H/t16-,17+;;/m1../s1. The van der Waals surface area contributed by atoms with Gasteiger partial charge in [0.25, 0.3) is 0 Å². The van der Waals surface area contributed by atoms with Crippen LogP contribution < -0.4 is 10.6 Å². The SMILES string of the molecule is Cl.Cl.Cn1cc([C@H]2CNC[C@@H]2C(=O)NCC2(N3CCCC3)CCOCC2)cn1. The number of ether oxygens (including phenoxy) is 1. The molecular formula is C19H33Cl2N5O2. The fourth-order valence-corrected chi connectivity index (χ4v) is 4.87. The van der Waals surface area contributed by atoms with Crippen molar-refractivity contribution in [3.05, 3.63) is 18.0 Å². The van der Waals surface area contributed by atoms with Gasteiger partial charge in [-0.2, -0.15) is 5.10 Å². The van der Waals surface area contributed by atoms with Gasteiger partial charge in [0.1, 0.15) is 0 Å². The molecule has 7 nitrogen and oxygen atoms in total. The molecular weight excluding hydrogens is 401 g/mol. The van der Waals surface area contributed by atoms with E-state index in [4.69, 9.17) is 4.74 Å². The van der Waals surface area contributed by atoms with Crippen LogP contribution in [0.25, 0.3) is 0 Å². The van der Waals surface area contributed by atoms with Crippen LogP contribution in [0.3, 0.4) is 0 Å². The summed E-state index contributed by atoms with van der Waals surface area (Å²) in [5.41, 5.74) is 1.23. The van der Waals surface area contributed by atoms with E-state index in [1.54, 1.807) is 0 Å².